The molecule has 1 aliphatic heterocycles. The molecule has 7 heteroatoms. The molecule has 2 aromatic carbocycles. The van der Waals surface area contributed by atoms with Crippen molar-refractivity contribution in [1.82, 2.24) is 19.6 Å². The number of benzene rings is 2. The number of likely N-dealkylation sites (tertiary alicyclic amines) is 1. The molecule has 0 N–H and O–H groups in total. The predicted molar refractivity (Wildman–Crippen MR) is 149 cm³/mol. The van der Waals surface area contributed by atoms with Crippen molar-refractivity contribution in [3.8, 4) is 5.75 Å². The van der Waals surface area contributed by atoms with Gasteiger partial charge >= 0.3 is 0 Å². The van der Waals surface area contributed by atoms with Gasteiger partial charge in [0.25, 0.3) is 0 Å². The van der Waals surface area contributed by atoms with E-state index in [0.29, 0.717) is 25.6 Å². The van der Waals surface area contributed by atoms with Crippen LogP contribution in [0.15, 0.2) is 60.8 Å². The van der Waals surface area contributed by atoms with Crippen molar-refractivity contribution < 1.29 is 9.53 Å². The Morgan fingerprint density at radius 1 is 1.19 bits per heavy atom. The smallest absolute Gasteiger partial charge is 0.223 e. The molecule has 0 bridgehead atoms. The second kappa shape index (κ2) is 12.1. The Morgan fingerprint density at radius 2 is 1.97 bits per heavy atom. The maximum atomic E-state index is 13.5. The standard InChI is InChI=1S/C30H39ClN4O2/c1-23(2)35-26(13-15-32-35)20-34-16-8-14-30(21-34,22-37-27-11-12-28(31)24(3)17-27)18-29(36)33(4)19-25-9-6-5-7-10-25/h5-7,9-13,15,17,23H,8,14,16,18-22H2,1-4H3/t30-/m1/s1. The maximum absolute atomic E-state index is 13.5. The zero-order chi connectivity index (χ0) is 26.4. The third-order valence-electron chi connectivity index (χ3n) is 7.26. The van der Waals surface area contributed by atoms with E-state index >= 15 is 0 Å². The Labute approximate surface area is 226 Å². The van der Waals surface area contributed by atoms with Crippen molar-refractivity contribution in [2.45, 2.75) is 59.2 Å². The Balaban J connectivity index is 1.51. The summed E-state index contributed by atoms with van der Waals surface area (Å²) in [6, 6.07) is 18.3. The van der Waals surface area contributed by atoms with Gasteiger partial charge in [-0.2, -0.15) is 5.10 Å². The average molecular weight is 523 g/mol. The summed E-state index contributed by atoms with van der Waals surface area (Å²) in [5.74, 6) is 0.940. The third kappa shape index (κ3) is 7.14. The van der Waals surface area contributed by atoms with Gasteiger partial charge in [-0.25, -0.2) is 0 Å². The zero-order valence-electron chi connectivity index (χ0n) is 22.5. The van der Waals surface area contributed by atoms with Crippen LogP contribution in [0.25, 0.3) is 0 Å². The lowest BCUT2D eigenvalue weighted by Crippen LogP contribution is -2.48. The molecule has 1 aliphatic rings. The lowest BCUT2D eigenvalue weighted by molar-refractivity contribution is -0.135. The van der Waals surface area contributed by atoms with Crippen molar-refractivity contribution >= 4 is 17.5 Å². The van der Waals surface area contributed by atoms with E-state index in [1.165, 1.54) is 5.69 Å². The van der Waals surface area contributed by atoms with E-state index in [9.17, 15) is 4.79 Å². The summed E-state index contributed by atoms with van der Waals surface area (Å²) in [6.07, 6.45) is 4.29. The molecule has 37 heavy (non-hydrogen) atoms. The number of amides is 1. The molecule has 1 amide bonds. The van der Waals surface area contributed by atoms with Crippen molar-refractivity contribution in [2.75, 3.05) is 26.7 Å². The number of carbonyl (C=O) groups excluding carboxylic acids is 1. The van der Waals surface area contributed by atoms with Crippen LogP contribution >= 0.6 is 11.6 Å². The molecule has 2 heterocycles. The van der Waals surface area contributed by atoms with Crippen molar-refractivity contribution in [3.63, 3.8) is 0 Å². The van der Waals surface area contributed by atoms with Crippen molar-refractivity contribution in [2.24, 2.45) is 5.41 Å². The highest BCUT2D eigenvalue weighted by Crippen LogP contribution is 2.36. The van der Waals surface area contributed by atoms with Gasteiger partial charge < -0.3 is 9.64 Å². The molecule has 198 valence electrons. The number of aromatic nitrogens is 2. The van der Waals surface area contributed by atoms with E-state index in [1.807, 2.05) is 61.5 Å². The normalized spacial score (nSPS) is 18.2. The van der Waals surface area contributed by atoms with E-state index in [-0.39, 0.29) is 11.3 Å². The van der Waals surface area contributed by atoms with Crippen LogP contribution < -0.4 is 4.74 Å². The fraction of sp³-hybridized carbons (Fsp3) is 0.467. The largest absolute Gasteiger partial charge is 0.493 e. The zero-order valence-corrected chi connectivity index (χ0v) is 23.2. The molecular formula is C30H39ClN4O2. The number of hydrogen-bond donors (Lipinski definition) is 0. The number of nitrogens with zero attached hydrogens (tertiary/aromatic N) is 4. The van der Waals surface area contributed by atoms with Crippen molar-refractivity contribution in [1.29, 1.82) is 0 Å². The van der Waals surface area contributed by atoms with E-state index in [1.54, 1.807) is 0 Å². The van der Waals surface area contributed by atoms with E-state index in [4.69, 9.17) is 16.3 Å². The number of halogens is 1. The summed E-state index contributed by atoms with van der Waals surface area (Å²) < 4.78 is 8.44. The summed E-state index contributed by atoms with van der Waals surface area (Å²) in [5, 5.41) is 5.24. The summed E-state index contributed by atoms with van der Waals surface area (Å²) in [7, 11) is 1.90. The summed E-state index contributed by atoms with van der Waals surface area (Å²) in [6.45, 7) is 9.98. The lowest BCUT2D eigenvalue weighted by Gasteiger charge is -2.43. The molecule has 1 aromatic heterocycles. The SMILES string of the molecule is Cc1cc(OC[C@@]2(CC(=O)N(C)Cc3ccccc3)CCCN(Cc3ccnn3C(C)C)C2)ccc1Cl. The van der Waals surface area contributed by atoms with Crippen LogP contribution in [-0.2, 0) is 17.9 Å². The molecule has 0 radical (unpaired) electrons. The topological polar surface area (TPSA) is 50.6 Å². The first-order valence-corrected chi connectivity index (χ1v) is 13.5. The van der Waals surface area contributed by atoms with Gasteiger partial charge in [0.2, 0.25) is 5.91 Å². The minimum atomic E-state index is -0.281. The van der Waals surface area contributed by atoms with Gasteiger partial charge in [-0.15, -0.1) is 0 Å². The fourth-order valence-corrected chi connectivity index (χ4v) is 5.38. The minimum Gasteiger partial charge on any atom is -0.493 e. The monoisotopic (exact) mass is 522 g/mol. The Kier molecular flexibility index (Phi) is 8.93. The van der Waals surface area contributed by atoms with E-state index in [0.717, 1.165) is 54.4 Å². The van der Waals surface area contributed by atoms with E-state index < -0.39 is 0 Å². The number of aryl methyl sites for hydroxylation is 1. The Morgan fingerprint density at radius 3 is 2.70 bits per heavy atom. The molecular weight excluding hydrogens is 484 g/mol. The van der Waals surface area contributed by atoms with Crippen molar-refractivity contribution in [3.05, 3.63) is 82.6 Å². The van der Waals surface area contributed by atoms with Gasteiger partial charge in [0.05, 0.1) is 12.3 Å². The molecule has 1 saturated heterocycles. The quantitative estimate of drug-likeness (QED) is 0.321. The fourth-order valence-electron chi connectivity index (χ4n) is 5.26. The molecule has 4 rings (SSSR count). The average Bonchev–Trinajstić information content (AvgIpc) is 3.34. The Bertz CT molecular complexity index is 1180. The molecule has 1 atom stereocenters. The van der Waals surface area contributed by atoms with Gasteiger partial charge in [-0.1, -0.05) is 41.9 Å². The van der Waals surface area contributed by atoms with Crippen LogP contribution in [0.5, 0.6) is 5.75 Å². The molecule has 0 saturated carbocycles. The first-order valence-electron chi connectivity index (χ1n) is 13.2. The summed E-state index contributed by atoms with van der Waals surface area (Å²) in [4.78, 5) is 17.8. The number of carbonyl (C=O) groups is 1. The Hall–Kier alpha value is -2.83. The van der Waals surface area contributed by atoms with Crippen LogP contribution in [0.1, 0.15) is 56.0 Å². The molecule has 3 aromatic rings. The number of ether oxygens (including phenoxy) is 1. The predicted octanol–water partition coefficient (Wildman–Crippen LogP) is 6.14. The molecule has 1 fully saturated rings. The lowest BCUT2D eigenvalue weighted by atomic mass is 9.77. The van der Waals surface area contributed by atoms with Crippen LogP contribution in [0, 0.1) is 12.3 Å². The number of hydrogen-bond acceptors (Lipinski definition) is 4. The second-order valence-electron chi connectivity index (χ2n) is 10.8. The number of rotatable bonds is 10. The highest BCUT2D eigenvalue weighted by molar-refractivity contribution is 6.31. The van der Waals surface area contributed by atoms with Crippen LogP contribution in [0.4, 0.5) is 0 Å². The third-order valence-corrected chi connectivity index (χ3v) is 7.68. The van der Waals surface area contributed by atoms with Crippen LogP contribution in [-0.4, -0.2) is 52.2 Å². The van der Waals surface area contributed by atoms with E-state index in [2.05, 4.69) is 46.7 Å². The number of piperidine rings is 1. The molecule has 0 spiro atoms. The summed E-state index contributed by atoms with van der Waals surface area (Å²) in [5.41, 5.74) is 3.04. The van der Waals surface area contributed by atoms with Gasteiger partial charge in [0, 0.05) is 55.8 Å². The van der Waals surface area contributed by atoms with Crippen LogP contribution in [0.2, 0.25) is 5.02 Å². The first kappa shape index (κ1) is 27.2. The van der Waals surface area contributed by atoms with Gasteiger partial charge in [-0.05, 0) is 75.5 Å². The van der Waals surface area contributed by atoms with Crippen LogP contribution in [0.3, 0.4) is 0 Å². The minimum absolute atomic E-state index is 0.147. The maximum Gasteiger partial charge on any atom is 0.223 e. The van der Waals surface area contributed by atoms with Gasteiger partial charge in [0.15, 0.2) is 0 Å². The van der Waals surface area contributed by atoms with Gasteiger partial charge in [-0.3, -0.25) is 14.4 Å². The highest BCUT2D eigenvalue weighted by atomic mass is 35.5. The molecule has 0 aliphatic carbocycles. The van der Waals surface area contributed by atoms with Gasteiger partial charge in [0.1, 0.15) is 5.75 Å². The molecule has 0 unspecified atom stereocenters. The highest BCUT2D eigenvalue weighted by Gasteiger charge is 2.39. The second-order valence-corrected chi connectivity index (χ2v) is 11.2. The first-order chi connectivity index (χ1) is 17.7. The summed E-state index contributed by atoms with van der Waals surface area (Å²) >= 11 is 6.23. The molecule has 6 nitrogen and oxygen atoms in total.